The molecule has 22 heavy (non-hydrogen) atoms. The highest BCUT2D eigenvalue weighted by Crippen LogP contribution is 2.13. The third-order valence-electron chi connectivity index (χ3n) is 3.29. The van der Waals surface area contributed by atoms with Crippen molar-refractivity contribution in [3.8, 4) is 0 Å². The molecule has 3 aromatic rings. The van der Waals surface area contributed by atoms with Gasteiger partial charge in [-0.25, -0.2) is 9.97 Å². The van der Waals surface area contributed by atoms with Crippen LogP contribution in [-0.4, -0.2) is 25.8 Å². The number of nitrogens with zero attached hydrogens (tertiary/aromatic N) is 2. The smallest absolute Gasteiger partial charge is 0.263 e. The number of hydrogen-bond acceptors (Lipinski definition) is 4. The van der Waals surface area contributed by atoms with Crippen LogP contribution < -0.4 is 10.9 Å². The van der Waals surface area contributed by atoms with E-state index < -0.39 is 11.5 Å². The largest absolute Gasteiger partial charge is 0.348 e. The van der Waals surface area contributed by atoms with Gasteiger partial charge in [0.2, 0.25) is 0 Å². The number of hydrogen-bond donors (Lipinski definition) is 3. The average Bonchev–Trinajstić information content (AvgIpc) is 2.84. The zero-order chi connectivity index (χ0) is 15.7. The number of amides is 1. The molecule has 2 aromatic heterocycles. The summed E-state index contributed by atoms with van der Waals surface area (Å²) >= 11 is 0. The summed E-state index contributed by atoms with van der Waals surface area (Å²) in [5.74, 6) is 0.865. The number of nitrogens with one attached hydrogen (secondary N) is 3. The van der Waals surface area contributed by atoms with Crippen LogP contribution in [0.3, 0.4) is 0 Å². The molecule has 7 heteroatoms. The van der Waals surface area contributed by atoms with Gasteiger partial charge in [-0.3, -0.25) is 9.59 Å². The highest BCUT2D eigenvalue weighted by atomic mass is 16.2. The Kier molecular flexibility index (Phi) is 3.46. The second-order valence-corrected chi connectivity index (χ2v) is 5.07. The van der Waals surface area contributed by atoms with E-state index in [1.165, 1.54) is 6.20 Å². The lowest BCUT2D eigenvalue weighted by atomic mass is 10.2. The lowest BCUT2D eigenvalue weighted by Crippen LogP contribution is -2.29. The maximum absolute atomic E-state index is 12.0. The number of aromatic nitrogens is 4. The Labute approximate surface area is 125 Å². The average molecular weight is 297 g/mol. The van der Waals surface area contributed by atoms with Gasteiger partial charge in [-0.05, 0) is 31.5 Å². The molecule has 1 aromatic carbocycles. The topological polar surface area (TPSA) is 104 Å². The molecule has 7 nitrogen and oxygen atoms in total. The molecule has 0 aliphatic rings. The molecule has 0 atom stereocenters. The van der Waals surface area contributed by atoms with Crippen molar-refractivity contribution in [3.63, 3.8) is 0 Å². The Morgan fingerprint density at radius 1 is 1.23 bits per heavy atom. The molecule has 0 aliphatic heterocycles. The van der Waals surface area contributed by atoms with Gasteiger partial charge in [-0.1, -0.05) is 6.07 Å². The van der Waals surface area contributed by atoms with Crippen molar-refractivity contribution in [1.82, 2.24) is 25.3 Å². The van der Waals surface area contributed by atoms with E-state index in [0.29, 0.717) is 12.4 Å². The lowest BCUT2D eigenvalue weighted by Gasteiger charge is -2.05. The number of H-pyrrole nitrogens is 2. The molecule has 3 N–H and O–H groups in total. The van der Waals surface area contributed by atoms with Crippen molar-refractivity contribution >= 4 is 16.9 Å². The van der Waals surface area contributed by atoms with E-state index in [2.05, 4.69) is 25.3 Å². The highest BCUT2D eigenvalue weighted by molar-refractivity contribution is 5.93. The Balaban J connectivity index is 1.75. The molecular weight excluding hydrogens is 282 g/mol. The zero-order valence-corrected chi connectivity index (χ0v) is 12.2. The summed E-state index contributed by atoms with van der Waals surface area (Å²) in [5.41, 5.74) is 2.28. The number of benzene rings is 1. The van der Waals surface area contributed by atoms with Crippen LogP contribution in [0.15, 0.2) is 29.2 Å². The number of carbonyl (C=O) groups excluding carboxylic acids is 1. The van der Waals surface area contributed by atoms with Crippen molar-refractivity contribution in [2.45, 2.75) is 20.4 Å². The number of carbonyl (C=O) groups is 1. The van der Waals surface area contributed by atoms with Gasteiger partial charge >= 0.3 is 0 Å². The zero-order valence-electron chi connectivity index (χ0n) is 12.2. The summed E-state index contributed by atoms with van der Waals surface area (Å²) in [5, 5.41) is 2.71. The third kappa shape index (κ3) is 2.73. The van der Waals surface area contributed by atoms with E-state index in [0.717, 1.165) is 22.4 Å². The standard InChI is InChI=1S/C15H15N5O2/c1-8-16-7-11(15(22)20-8)14(21)17-6-10-3-4-12-13(5-10)19-9(2)18-12/h3-5,7H,6H2,1-2H3,(H,17,21)(H,18,19)(H,16,20,22). The van der Waals surface area contributed by atoms with Crippen LogP contribution in [0.25, 0.3) is 11.0 Å². The van der Waals surface area contributed by atoms with E-state index in [1.807, 2.05) is 25.1 Å². The van der Waals surface area contributed by atoms with Crippen molar-refractivity contribution < 1.29 is 4.79 Å². The molecule has 0 bridgehead atoms. The van der Waals surface area contributed by atoms with Crippen LogP contribution in [0, 0.1) is 13.8 Å². The quantitative estimate of drug-likeness (QED) is 0.675. The van der Waals surface area contributed by atoms with Gasteiger partial charge in [0, 0.05) is 12.7 Å². The molecule has 0 spiro atoms. The monoisotopic (exact) mass is 297 g/mol. The van der Waals surface area contributed by atoms with E-state index in [1.54, 1.807) is 6.92 Å². The molecule has 0 saturated carbocycles. The maximum atomic E-state index is 12.0. The first-order valence-electron chi connectivity index (χ1n) is 6.82. The minimum Gasteiger partial charge on any atom is -0.348 e. The Morgan fingerprint density at radius 3 is 2.82 bits per heavy atom. The van der Waals surface area contributed by atoms with Crippen LogP contribution in [0.4, 0.5) is 0 Å². The van der Waals surface area contributed by atoms with Gasteiger partial charge in [0.25, 0.3) is 11.5 Å². The number of imidazole rings is 1. The predicted molar refractivity (Wildman–Crippen MR) is 81.6 cm³/mol. The van der Waals surface area contributed by atoms with Gasteiger partial charge in [-0.2, -0.15) is 0 Å². The summed E-state index contributed by atoms with van der Waals surface area (Å²) in [4.78, 5) is 37.6. The SMILES string of the molecule is Cc1ncc(C(=O)NCc2ccc3nc(C)[nH]c3c2)c(=O)[nH]1. The number of rotatable bonds is 3. The molecule has 2 heterocycles. The van der Waals surface area contributed by atoms with E-state index in [9.17, 15) is 9.59 Å². The Hall–Kier alpha value is -2.96. The van der Waals surface area contributed by atoms with Crippen molar-refractivity contribution in [1.29, 1.82) is 0 Å². The van der Waals surface area contributed by atoms with E-state index in [-0.39, 0.29) is 5.56 Å². The summed E-state index contributed by atoms with van der Waals surface area (Å²) in [6, 6.07) is 5.70. The van der Waals surface area contributed by atoms with Gasteiger partial charge in [0.15, 0.2) is 0 Å². The lowest BCUT2D eigenvalue weighted by molar-refractivity contribution is 0.0949. The van der Waals surface area contributed by atoms with E-state index in [4.69, 9.17) is 0 Å². The predicted octanol–water partition coefficient (Wildman–Crippen LogP) is 1.19. The highest BCUT2D eigenvalue weighted by Gasteiger charge is 2.11. The van der Waals surface area contributed by atoms with Gasteiger partial charge in [-0.15, -0.1) is 0 Å². The number of aryl methyl sites for hydroxylation is 2. The minimum absolute atomic E-state index is 0.00376. The molecule has 1 amide bonds. The second kappa shape index (κ2) is 5.44. The third-order valence-corrected chi connectivity index (χ3v) is 3.29. The second-order valence-electron chi connectivity index (χ2n) is 5.07. The molecule has 0 fully saturated rings. The molecule has 3 rings (SSSR count). The van der Waals surface area contributed by atoms with Crippen LogP contribution in [0.2, 0.25) is 0 Å². The van der Waals surface area contributed by atoms with Crippen LogP contribution in [0.1, 0.15) is 27.6 Å². The molecule has 0 saturated heterocycles. The van der Waals surface area contributed by atoms with Crippen molar-refractivity contribution in [3.05, 3.63) is 57.5 Å². The van der Waals surface area contributed by atoms with Crippen molar-refractivity contribution in [2.24, 2.45) is 0 Å². The minimum atomic E-state index is -0.449. The normalized spacial score (nSPS) is 10.8. The van der Waals surface area contributed by atoms with Crippen molar-refractivity contribution in [2.75, 3.05) is 0 Å². The van der Waals surface area contributed by atoms with E-state index >= 15 is 0 Å². The summed E-state index contributed by atoms with van der Waals surface area (Å²) in [7, 11) is 0. The van der Waals surface area contributed by atoms with Crippen LogP contribution in [0.5, 0.6) is 0 Å². The summed E-state index contributed by atoms with van der Waals surface area (Å²) < 4.78 is 0. The Morgan fingerprint density at radius 2 is 2.05 bits per heavy atom. The Bertz CT molecular complexity index is 910. The first-order chi connectivity index (χ1) is 10.5. The molecule has 0 unspecified atom stereocenters. The molecule has 0 aliphatic carbocycles. The fourth-order valence-corrected chi connectivity index (χ4v) is 2.22. The first kappa shape index (κ1) is 14.0. The molecular formula is C15H15N5O2. The number of fused-ring (bicyclic) bond motifs is 1. The maximum Gasteiger partial charge on any atom is 0.263 e. The fraction of sp³-hybridized carbons (Fsp3) is 0.200. The van der Waals surface area contributed by atoms with Gasteiger partial charge < -0.3 is 15.3 Å². The van der Waals surface area contributed by atoms with Crippen LogP contribution in [-0.2, 0) is 6.54 Å². The van der Waals surface area contributed by atoms with Crippen LogP contribution >= 0.6 is 0 Å². The number of aromatic amines is 2. The van der Waals surface area contributed by atoms with Gasteiger partial charge in [0.05, 0.1) is 11.0 Å². The molecule has 112 valence electrons. The molecule has 0 radical (unpaired) electrons. The summed E-state index contributed by atoms with van der Waals surface area (Å²) in [6.07, 6.45) is 1.28. The first-order valence-corrected chi connectivity index (χ1v) is 6.82. The fourth-order valence-electron chi connectivity index (χ4n) is 2.22. The summed E-state index contributed by atoms with van der Waals surface area (Å²) in [6.45, 7) is 3.86. The van der Waals surface area contributed by atoms with Gasteiger partial charge in [0.1, 0.15) is 17.2 Å².